The van der Waals surface area contributed by atoms with Crippen LogP contribution in [0.3, 0.4) is 0 Å². The van der Waals surface area contributed by atoms with Crippen molar-refractivity contribution in [3.05, 3.63) is 0 Å². The van der Waals surface area contributed by atoms with E-state index in [0.29, 0.717) is 19.5 Å². The van der Waals surface area contributed by atoms with Crippen molar-refractivity contribution in [1.82, 2.24) is 4.90 Å². The number of thioether (sulfide) groups is 1. The summed E-state index contributed by atoms with van der Waals surface area (Å²) in [7, 11) is 0. The van der Waals surface area contributed by atoms with Gasteiger partial charge in [0.25, 0.3) is 0 Å². The summed E-state index contributed by atoms with van der Waals surface area (Å²) in [5.41, 5.74) is -0.706. The molecule has 1 heterocycles. The van der Waals surface area contributed by atoms with Crippen LogP contribution in [0.25, 0.3) is 0 Å². The van der Waals surface area contributed by atoms with Gasteiger partial charge < -0.3 is 15.1 Å². The molecule has 1 aliphatic heterocycles. The molecule has 0 aromatic carbocycles. The van der Waals surface area contributed by atoms with Gasteiger partial charge in [0.2, 0.25) is 5.91 Å². The first-order valence-electron chi connectivity index (χ1n) is 5.26. The van der Waals surface area contributed by atoms with Gasteiger partial charge in [-0.3, -0.25) is 9.59 Å². The summed E-state index contributed by atoms with van der Waals surface area (Å²) in [5.74, 6) is -0.885. The van der Waals surface area contributed by atoms with Crippen molar-refractivity contribution in [3.63, 3.8) is 0 Å². The zero-order valence-electron chi connectivity index (χ0n) is 9.31. The lowest BCUT2D eigenvalue weighted by atomic mass is 9.89. The predicted octanol–water partition coefficient (Wildman–Crippen LogP) is 0.178. The maximum absolute atomic E-state index is 11.5. The third-order valence-corrected chi connectivity index (χ3v) is 3.39. The minimum absolute atomic E-state index is 0.0567. The van der Waals surface area contributed by atoms with E-state index < -0.39 is 11.6 Å². The molecule has 0 aromatic heterocycles. The number of carboxylic acids is 1. The molecule has 1 saturated heterocycles. The fraction of sp³-hybridized carbons (Fsp3) is 0.800. The summed E-state index contributed by atoms with van der Waals surface area (Å²) in [5, 5.41) is 18.3. The molecule has 2 N–H and O–H groups in total. The van der Waals surface area contributed by atoms with Gasteiger partial charge in [0.05, 0.1) is 30.2 Å². The van der Waals surface area contributed by atoms with Gasteiger partial charge in [-0.25, -0.2) is 0 Å². The van der Waals surface area contributed by atoms with Crippen LogP contribution in [0.2, 0.25) is 0 Å². The average Bonchev–Trinajstić information content (AvgIpc) is 2.13. The average molecular weight is 247 g/mol. The number of rotatable bonds is 6. The monoisotopic (exact) mass is 247 g/mol. The number of carbonyl (C=O) groups is 2. The molecule has 1 amide bonds. The molecule has 0 atom stereocenters. The molecular formula is C10H17NO4S. The Hall–Kier alpha value is -0.750. The van der Waals surface area contributed by atoms with Gasteiger partial charge in [-0.05, 0) is 6.42 Å². The van der Waals surface area contributed by atoms with Crippen molar-refractivity contribution < 1.29 is 19.8 Å². The van der Waals surface area contributed by atoms with Crippen molar-refractivity contribution in [2.24, 2.45) is 0 Å². The van der Waals surface area contributed by atoms with Crippen molar-refractivity contribution in [2.75, 3.05) is 24.6 Å². The Balaban J connectivity index is 2.19. The van der Waals surface area contributed by atoms with Crippen molar-refractivity contribution in [2.45, 2.75) is 25.4 Å². The van der Waals surface area contributed by atoms with E-state index in [1.807, 2.05) is 6.92 Å². The topological polar surface area (TPSA) is 77.8 Å². The number of aliphatic hydroxyl groups is 1. The van der Waals surface area contributed by atoms with E-state index >= 15 is 0 Å². The summed E-state index contributed by atoms with van der Waals surface area (Å²) in [4.78, 5) is 23.3. The Morgan fingerprint density at radius 3 is 2.50 bits per heavy atom. The zero-order chi connectivity index (χ0) is 12.2. The summed E-state index contributed by atoms with van der Waals surface area (Å²) >= 11 is 1.09. The zero-order valence-corrected chi connectivity index (χ0v) is 10.1. The highest BCUT2D eigenvalue weighted by molar-refractivity contribution is 8.00. The van der Waals surface area contributed by atoms with Gasteiger partial charge in [0.1, 0.15) is 0 Å². The second kappa shape index (κ2) is 5.54. The lowest BCUT2D eigenvalue weighted by Gasteiger charge is -2.46. The maximum atomic E-state index is 11.5. The van der Waals surface area contributed by atoms with Crippen molar-refractivity contribution in [3.8, 4) is 0 Å². The third kappa shape index (κ3) is 3.68. The van der Waals surface area contributed by atoms with Crippen LogP contribution in [-0.4, -0.2) is 57.2 Å². The summed E-state index contributed by atoms with van der Waals surface area (Å²) in [6, 6.07) is 0. The second-order valence-electron chi connectivity index (χ2n) is 4.11. The molecule has 6 heteroatoms. The van der Waals surface area contributed by atoms with Gasteiger partial charge in [-0.15, -0.1) is 11.8 Å². The minimum atomic E-state index is -0.913. The summed E-state index contributed by atoms with van der Waals surface area (Å²) < 4.78 is 0. The fourth-order valence-corrected chi connectivity index (χ4v) is 2.41. The first-order chi connectivity index (χ1) is 7.47. The van der Waals surface area contributed by atoms with E-state index in [1.165, 1.54) is 0 Å². The third-order valence-electron chi connectivity index (χ3n) is 2.49. The Bertz CT molecular complexity index is 276. The number of hydrogen-bond donors (Lipinski definition) is 2. The standard InChI is InChI=1S/C10H17NO4S/c1-2-3-10(15)6-11(7-10)8(12)4-16-5-9(13)14/h15H,2-7H2,1H3,(H,13,14). The molecule has 0 aliphatic carbocycles. The van der Waals surface area contributed by atoms with Crippen molar-refractivity contribution in [1.29, 1.82) is 0 Å². The van der Waals surface area contributed by atoms with Gasteiger partial charge in [-0.2, -0.15) is 0 Å². The lowest BCUT2D eigenvalue weighted by Crippen LogP contribution is -2.63. The maximum Gasteiger partial charge on any atom is 0.313 e. The van der Waals surface area contributed by atoms with Gasteiger partial charge >= 0.3 is 5.97 Å². The quantitative estimate of drug-likeness (QED) is 0.700. The summed E-state index contributed by atoms with van der Waals surface area (Å²) in [6.07, 6.45) is 1.60. The molecular weight excluding hydrogens is 230 g/mol. The SMILES string of the molecule is CCCC1(O)CN(C(=O)CSCC(=O)O)C1. The Morgan fingerprint density at radius 2 is 2.00 bits per heavy atom. The minimum Gasteiger partial charge on any atom is -0.481 e. The van der Waals surface area contributed by atoms with E-state index in [9.17, 15) is 14.7 Å². The normalized spacial score (nSPS) is 18.0. The number of hydrogen-bond acceptors (Lipinski definition) is 4. The highest BCUT2D eigenvalue weighted by atomic mass is 32.2. The number of nitrogens with zero attached hydrogens (tertiary/aromatic N) is 1. The van der Waals surface area contributed by atoms with Crippen LogP contribution in [0.1, 0.15) is 19.8 Å². The number of amides is 1. The first kappa shape index (κ1) is 13.3. The molecule has 5 nitrogen and oxygen atoms in total. The summed E-state index contributed by atoms with van der Waals surface area (Å²) in [6.45, 7) is 2.76. The second-order valence-corrected chi connectivity index (χ2v) is 5.10. The van der Waals surface area contributed by atoms with Gasteiger partial charge in [0, 0.05) is 0 Å². The number of carboxylic acid groups (broad SMARTS) is 1. The molecule has 92 valence electrons. The Labute approximate surface area is 98.8 Å². The Morgan fingerprint density at radius 1 is 1.38 bits per heavy atom. The van der Waals surface area contributed by atoms with Gasteiger partial charge in [-0.1, -0.05) is 13.3 Å². The van der Waals surface area contributed by atoms with Crippen LogP contribution in [0.15, 0.2) is 0 Å². The molecule has 0 radical (unpaired) electrons. The highest BCUT2D eigenvalue weighted by Gasteiger charge is 2.42. The highest BCUT2D eigenvalue weighted by Crippen LogP contribution is 2.26. The number of likely N-dealkylation sites (tertiary alicyclic amines) is 1. The lowest BCUT2D eigenvalue weighted by molar-refractivity contribution is -0.153. The van der Waals surface area contributed by atoms with E-state index in [-0.39, 0.29) is 17.4 Å². The molecule has 1 aliphatic rings. The van der Waals surface area contributed by atoms with Gasteiger partial charge in [0.15, 0.2) is 0 Å². The molecule has 0 aromatic rings. The van der Waals surface area contributed by atoms with Crippen LogP contribution >= 0.6 is 11.8 Å². The van der Waals surface area contributed by atoms with Crippen LogP contribution < -0.4 is 0 Å². The number of carbonyl (C=O) groups excluding carboxylic acids is 1. The first-order valence-corrected chi connectivity index (χ1v) is 6.42. The Kier molecular flexibility index (Phi) is 4.61. The molecule has 16 heavy (non-hydrogen) atoms. The molecule has 0 spiro atoms. The smallest absolute Gasteiger partial charge is 0.313 e. The molecule has 0 bridgehead atoms. The molecule has 0 saturated carbocycles. The van der Waals surface area contributed by atoms with Crippen LogP contribution in [0.5, 0.6) is 0 Å². The van der Waals surface area contributed by atoms with E-state index in [4.69, 9.17) is 5.11 Å². The van der Waals surface area contributed by atoms with E-state index in [2.05, 4.69) is 0 Å². The van der Waals surface area contributed by atoms with Crippen LogP contribution in [0, 0.1) is 0 Å². The van der Waals surface area contributed by atoms with Crippen LogP contribution in [-0.2, 0) is 9.59 Å². The molecule has 1 fully saturated rings. The van der Waals surface area contributed by atoms with E-state index in [1.54, 1.807) is 4.90 Å². The largest absolute Gasteiger partial charge is 0.481 e. The van der Waals surface area contributed by atoms with Crippen molar-refractivity contribution >= 4 is 23.6 Å². The molecule has 0 unspecified atom stereocenters. The number of aliphatic carboxylic acids is 1. The fourth-order valence-electron chi connectivity index (χ4n) is 1.78. The molecule has 1 rings (SSSR count). The van der Waals surface area contributed by atoms with E-state index in [0.717, 1.165) is 18.2 Å². The predicted molar refractivity (Wildman–Crippen MR) is 61.4 cm³/mol. The van der Waals surface area contributed by atoms with Crippen LogP contribution in [0.4, 0.5) is 0 Å². The number of β-amino-alcohol motifs (C(OH)–C–C–N with tert-alkyl or cyclic N) is 1.